The SMILES string of the molecule is Oc1cc(-c2cc(-c3ccc(-c4ccc(Cl)cc4-c4cc(-c5ccccc5-c5ccc(-c6ccccn6)cc5)cc(-c5ccccc5-c5ccc(-c6ccccn6)cc5)c4)c(O)c3)ncn2)ccc1-c1ccc(Cl)cc1-c1cc(-c2ccccc2-c2ccc(-c3ccccn3)cc2)cc(-c2ccccc2-c2ccc(-c3ccccn3)cc2)c1. The second kappa shape index (κ2) is 32.4. The first-order valence-corrected chi connectivity index (χ1v) is 39.7. The van der Waals surface area contributed by atoms with E-state index in [2.05, 4.69) is 250 Å². The van der Waals surface area contributed by atoms with E-state index in [1.165, 1.54) is 6.33 Å². The van der Waals surface area contributed by atoms with Crippen molar-refractivity contribution >= 4 is 23.2 Å². The molecule has 0 atom stereocenters. The van der Waals surface area contributed by atoms with Crippen LogP contribution in [0.3, 0.4) is 0 Å². The number of phenols is 2. The quantitative estimate of drug-likeness (QED) is 0.0872. The minimum Gasteiger partial charge on any atom is -0.507 e. The van der Waals surface area contributed by atoms with Crippen LogP contribution in [-0.4, -0.2) is 40.1 Å². The van der Waals surface area contributed by atoms with Crippen LogP contribution in [0.25, 0.3) is 201 Å². The molecule has 118 heavy (non-hydrogen) atoms. The van der Waals surface area contributed by atoms with Crippen LogP contribution in [0.5, 0.6) is 11.5 Å². The Morgan fingerprint density at radius 2 is 0.381 bits per heavy atom. The molecule has 8 nitrogen and oxygen atoms in total. The summed E-state index contributed by atoms with van der Waals surface area (Å²) in [4.78, 5) is 28.1. The molecule has 0 aliphatic rings. The normalized spacial score (nSPS) is 11.2. The number of aromatic nitrogens is 6. The van der Waals surface area contributed by atoms with Crippen LogP contribution >= 0.6 is 23.2 Å². The van der Waals surface area contributed by atoms with Gasteiger partial charge in [-0.3, -0.25) is 19.9 Å². The number of aromatic hydroxyl groups is 2. The number of benzene rings is 14. The summed E-state index contributed by atoms with van der Waals surface area (Å²) in [5, 5.41) is 26.1. The van der Waals surface area contributed by atoms with Gasteiger partial charge in [-0.15, -0.1) is 0 Å². The fraction of sp³-hybridized carbons (Fsp3) is 0. The lowest BCUT2D eigenvalue weighted by Gasteiger charge is -2.19. The summed E-state index contributed by atoms with van der Waals surface area (Å²) in [5.74, 6) is 0.0871. The van der Waals surface area contributed by atoms with Crippen molar-refractivity contribution in [3.8, 4) is 213 Å². The van der Waals surface area contributed by atoms with Crippen molar-refractivity contribution in [1.29, 1.82) is 0 Å². The van der Waals surface area contributed by atoms with Gasteiger partial charge < -0.3 is 10.2 Å². The Kier molecular flexibility index (Phi) is 20.1. The molecule has 558 valence electrons. The highest BCUT2D eigenvalue weighted by atomic mass is 35.5. The third kappa shape index (κ3) is 15.0. The Balaban J connectivity index is 0.665. The first kappa shape index (κ1) is 73.1. The van der Waals surface area contributed by atoms with Crippen LogP contribution in [0, 0.1) is 0 Å². The molecule has 0 saturated carbocycles. The van der Waals surface area contributed by atoms with E-state index in [0.717, 1.165) is 167 Å². The second-order valence-corrected chi connectivity index (χ2v) is 30.0. The molecular weight excluding hydrogens is 1480 g/mol. The Bertz CT molecular complexity index is 6230. The van der Waals surface area contributed by atoms with E-state index in [4.69, 9.17) is 33.2 Å². The van der Waals surface area contributed by atoms with Crippen LogP contribution in [-0.2, 0) is 0 Å². The number of phenolic OH excluding ortho intramolecular Hbond substituents is 2. The smallest absolute Gasteiger partial charge is 0.124 e. The maximum Gasteiger partial charge on any atom is 0.124 e. The zero-order chi connectivity index (χ0) is 79.4. The molecule has 0 unspecified atom stereocenters. The molecule has 0 saturated heterocycles. The van der Waals surface area contributed by atoms with Crippen LogP contribution in [0.15, 0.2) is 413 Å². The van der Waals surface area contributed by atoms with Crippen LogP contribution in [0.1, 0.15) is 0 Å². The van der Waals surface area contributed by atoms with Gasteiger partial charge in [0, 0.05) is 79.3 Å². The molecule has 19 rings (SSSR count). The third-order valence-electron chi connectivity index (χ3n) is 21.9. The van der Waals surface area contributed by atoms with Crippen molar-refractivity contribution < 1.29 is 10.2 Å². The summed E-state index contributed by atoms with van der Waals surface area (Å²) < 4.78 is 0. The number of halogens is 2. The van der Waals surface area contributed by atoms with Gasteiger partial charge in [-0.1, -0.05) is 266 Å². The molecule has 5 heterocycles. The molecule has 0 amide bonds. The van der Waals surface area contributed by atoms with Gasteiger partial charge in [0.25, 0.3) is 0 Å². The van der Waals surface area contributed by atoms with Gasteiger partial charge in [0.1, 0.15) is 17.8 Å². The lowest BCUT2D eigenvalue weighted by atomic mass is 9.86. The van der Waals surface area contributed by atoms with Crippen molar-refractivity contribution in [2.75, 3.05) is 0 Å². The molecule has 0 fully saturated rings. The van der Waals surface area contributed by atoms with Gasteiger partial charge in [0.05, 0.1) is 34.2 Å². The van der Waals surface area contributed by atoms with E-state index < -0.39 is 0 Å². The predicted octanol–water partition coefficient (Wildman–Crippen LogP) is 28.8. The molecule has 0 spiro atoms. The highest BCUT2D eigenvalue weighted by molar-refractivity contribution is 6.31. The minimum atomic E-state index is 0.0435. The number of rotatable bonds is 18. The van der Waals surface area contributed by atoms with Gasteiger partial charge in [-0.25, -0.2) is 9.97 Å². The lowest BCUT2D eigenvalue weighted by Crippen LogP contribution is -1.93. The van der Waals surface area contributed by atoms with Gasteiger partial charge in [0.2, 0.25) is 0 Å². The average Bonchev–Trinajstić information content (AvgIpc) is 0.765. The lowest BCUT2D eigenvalue weighted by molar-refractivity contribution is 0.477. The van der Waals surface area contributed by atoms with Crippen molar-refractivity contribution in [2.45, 2.75) is 0 Å². The van der Waals surface area contributed by atoms with E-state index in [9.17, 15) is 10.2 Å². The maximum atomic E-state index is 12.5. The summed E-state index contributed by atoms with van der Waals surface area (Å²) in [6.45, 7) is 0. The van der Waals surface area contributed by atoms with Crippen LogP contribution in [0.4, 0.5) is 0 Å². The van der Waals surface area contributed by atoms with Crippen molar-refractivity contribution in [2.24, 2.45) is 0 Å². The first-order chi connectivity index (χ1) is 58.1. The Hall–Kier alpha value is -15.1. The van der Waals surface area contributed by atoms with Crippen molar-refractivity contribution in [3.63, 3.8) is 0 Å². The molecule has 2 N–H and O–H groups in total. The first-order valence-electron chi connectivity index (χ1n) is 39.0. The Labute approximate surface area is 694 Å². The van der Waals surface area contributed by atoms with Crippen molar-refractivity contribution in [1.82, 2.24) is 29.9 Å². The second-order valence-electron chi connectivity index (χ2n) is 29.1. The molecule has 0 aliphatic carbocycles. The van der Waals surface area contributed by atoms with E-state index in [-0.39, 0.29) is 11.5 Å². The van der Waals surface area contributed by atoms with Gasteiger partial charge in [-0.2, -0.15) is 0 Å². The minimum absolute atomic E-state index is 0.0435. The van der Waals surface area contributed by atoms with Crippen LogP contribution in [0.2, 0.25) is 10.0 Å². The van der Waals surface area contributed by atoms with E-state index in [1.54, 1.807) is 12.1 Å². The standard InChI is InChI=1S/C108H70Cl2N6O2/c109-85-47-51-95(99(65-85)83-59-79(91-21-5-1-17-87(91)69-29-37-73(38-30-69)101-25-9-13-53-111-101)57-80(60-83)92-22-6-2-18-88(92)70-31-39-74(40-32-70)102-26-10-14-54-112-102)97-49-45-77(63-107(97)117)105-67-106(116-68-115-105)78-46-50-98(108(118)64-78)96-52-48-86(110)66-100(96)84-61-81(93-23-7-3-19-89(93)71-33-41-75(42-34-71)103-27-11-15-55-113-103)58-82(62-84)94-24-8-4-20-90(94)72-35-43-76(44-36-72)104-28-12-16-56-114-104/h1-68,117-118H. The fourth-order valence-corrected chi connectivity index (χ4v) is 16.4. The highest BCUT2D eigenvalue weighted by Gasteiger charge is 2.23. The topological polar surface area (TPSA) is 118 Å². The monoisotopic (exact) mass is 1550 g/mol. The van der Waals surface area contributed by atoms with Gasteiger partial charge >= 0.3 is 0 Å². The number of hydrogen-bond acceptors (Lipinski definition) is 8. The summed E-state index contributed by atoms with van der Waals surface area (Å²) in [7, 11) is 0. The fourth-order valence-electron chi connectivity index (χ4n) is 16.0. The molecule has 0 aliphatic heterocycles. The van der Waals surface area contributed by atoms with E-state index in [0.29, 0.717) is 43.7 Å². The number of pyridine rings is 4. The van der Waals surface area contributed by atoms with Crippen LogP contribution < -0.4 is 0 Å². The molecule has 19 aromatic rings. The zero-order valence-corrected chi connectivity index (χ0v) is 65.1. The summed E-state index contributed by atoms with van der Waals surface area (Å²) in [6.07, 6.45) is 8.78. The molecule has 5 aromatic heterocycles. The highest BCUT2D eigenvalue weighted by Crippen LogP contribution is 2.49. The maximum absolute atomic E-state index is 12.5. The van der Waals surface area contributed by atoms with Gasteiger partial charge in [0.15, 0.2) is 0 Å². The summed E-state index contributed by atoms with van der Waals surface area (Å²) in [5.41, 5.74) is 33.1. The number of hydrogen-bond donors (Lipinski definition) is 2. The summed E-state index contributed by atoms with van der Waals surface area (Å²) >= 11 is 14.2. The van der Waals surface area contributed by atoms with E-state index >= 15 is 0 Å². The van der Waals surface area contributed by atoms with Crippen molar-refractivity contribution in [3.05, 3.63) is 423 Å². The Morgan fingerprint density at radius 1 is 0.153 bits per heavy atom. The predicted molar refractivity (Wildman–Crippen MR) is 484 cm³/mol. The molecule has 14 aromatic carbocycles. The molecule has 10 heteroatoms. The van der Waals surface area contributed by atoms with Gasteiger partial charge in [-0.05, 0) is 262 Å². The number of nitrogens with zero attached hydrogens (tertiary/aromatic N) is 6. The van der Waals surface area contributed by atoms with E-state index in [1.807, 2.05) is 164 Å². The Morgan fingerprint density at radius 3 is 0.636 bits per heavy atom. The summed E-state index contributed by atoms with van der Waals surface area (Å²) in [6, 6.07) is 131. The largest absolute Gasteiger partial charge is 0.507 e. The molecule has 0 bridgehead atoms. The molecular formula is C108H70Cl2N6O2. The zero-order valence-electron chi connectivity index (χ0n) is 63.6. The average molecular weight is 1550 g/mol. The third-order valence-corrected chi connectivity index (χ3v) is 22.3. The molecule has 0 radical (unpaired) electrons.